The van der Waals surface area contributed by atoms with Crippen LogP contribution < -0.4 is 5.32 Å². The molecule has 1 heterocycles. The van der Waals surface area contributed by atoms with Gasteiger partial charge >= 0.3 is 0 Å². The minimum Gasteiger partial charge on any atom is -0.388 e. The molecule has 1 heteroatoms. The van der Waals surface area contributed by atoms with Crippen molar-refractivity contribution < 1.29 is 0 Å². The van der Waals surface area contributed by atoms with Gasteiger partial charge in [-0.3, -0.25) is 0 Å². The van der Waals surface area contributed by atoms with Crippen molar-refractivity contribution in [3.05, 3.63) is 23.9 Å². The predicted octanol–water partition coefficient (Wildman–Crippen LogP) is 1.69. The molecule has 0 aromatic carbocycles. The summed E-state index contributed by atoms with van der Waals surface area (Å²) in [5.41, 5.74) is 1.45. The maximum atomic E-state index is 3.42. The van der Waals surface area contributed by atoms with Crippen molar-refractivity contribution in [2.24, 2.45) is 11.8 Å². The van der Waals surface area contributed by atoms with Gasteiger partial charge in [0.05, 0.1) is 0 Å². The first-order valence-electron chi connectivity index (χ1n) is 3.98. The van der Waals surface area contributed by atoms with E-state index < -0.39 is 0 Å². The standard InChI is InChI=1S/C9H13N/c1-7-6-10-9-5-3-2-4-8(7)9/h2-3,5,7-8,10H,4,6H2,1H3. The van der Waals surface area contributed by atoms with Gasteiger partial charge in [-0.1, -0.05) is 19.1 Å². The molecule has 0 spiro atoms. The largest absolute Gasteiger partial charge is 0.388 e. The Morgan fingerprint density at radius 3 is 3.30 bits per heavy atom. The molecule has 0 aromatic heterocycles. The molecule has 1 aliphatic heterocycles. The first kappa shape index (κ1) is 6.02. The lowest BCUT2D eigenvalue weighted by Gasteiger charge is -2.15. The van der Waals surface area contributed by atoms with Crippen LogP contribution >= 0.6 is 0 Å². The number of nitrogens with one attached hydrogen (secondary N) is 1. The van der Waals surface area contributed by atoms with Gasteiger partial charge in [-0.05, 0) is 18.4 Å². The molecule has 1 nitrogen and oxygen atoms in total. The summed E-state index contributed by atoms with van der Waals surface area (Å²) in [6.45, 7) is 3.48. The van der Waals surface area contributed by atoms with E-state index in [1.54, 1.807) is 0 Å². The molecular weight excluding hydrogens is 122 g/mol. The Labute approximate surface area is 61.8 Å². The third-order valence-electron chi connectivity index (χ3n) is 2.52. The molecule has 2 unspecified atom stereocenters. The van der Waals surface area contributed by atoms with Crippen LogP contribution in [0.25, 0.3) is 0 Å². The molecule has 1 fully saturated rings. The smallest absolute Gasteiger partial charge is 0.0176 e. The van der Waals surface area contributed by atoms with Gasteiger partial charge in [-0.25, -0.2) is 0 Å². The fourth-order valence-electron chi connectivity index (χ4n) is 1.80. The van der Waals surface area contributed by atoms with Crippen molar-refractivity contribution in [3.63, 3.8) is 0 Å². The molecular formula is C9H13N. The molecule has 0 radical (unpaired) electrons. The Kier molecular flexibility index (Phi) is 1.30. The number of rotatable bonds is 0. The summed E-state index contributed by atoms with van der Waals surface area (Å²) in [6.07, 6.45) is 7.85. The lowest BCUT2D eigenvalue weighted by atomic mass is 9.90. The van der Waals surface area contributed by atoms with Crippen LogP contribution in [-0.2, 0) is 0 Å². The van der Waals surface area contributed by atoms with Crippen molar-refractivity contribution in [3.8, 4) is 0 Å². The van der Waals surface area contributed by atoms with Gasteiger partial charge in [0.15, 0.2) is 0 Å². The van der Waals surface area contributed by atoms with Gasteiger partial charge in [0, 0.05) is 18.2 Å². The van der Waals surface area contributed by atoms with E-state index in [2.05, 4.69) is 30.5 Å². The van der Waals surface area contributed by atoms with Crippen molar-refractivity contribution in [1.82, 2.24) is 5.32 Å². The van der Waals surface area contributed by atoms with Crippen LogP contribution in [-0.4, -0.2) is 6.54 Å². The third-order valence-corrected chi connectivity index (χ3v) is 2.52. The molecule has 0 bridgehead atoms. The molecule has 1 aliphatic carbocycles. The lowest BCUT2D eigenvalue weighted by Crippen LogP contribution is -2.08. The summed E-state index contributed by atoms with van der Waals surface area (Å²) < 4.78 is 0. The molecule has 2 aliphatic rings. The van der Waals surface area contributed by atoms with Crippen LogP contribution in [0.5, 0.6) is 0 Å². The minimum atomic E-state index is 0.796. The highest BCUT2D eigenvalue weighted by atomic mass is 14.9. The van der Waals surface area contributed by atoms with Crippen LogP contribution in [0.2, 0.25) is 0 Å². The second-order valence-corrected chi connectivity index (χ2v) is 3.25. The molecule has 0 aromatic rings. The Bertz CT molecular complexity index is 191. The van der Waals surface area contributed by atoms with E-state index in [0.717, 1.165) is 18.4 Å². The average Bonchev–Trinajstić information content (AvgIpc) is 2.34. The minimum absolute atomic E-state index is 0.796. The van der Waals surface area contributed by atoms with Crippen LogP contribution in [0.4, 0.5) is 0 Å². The monoisotopic (exact) mass is 135 g/mol. The topological polar surface area (TPSA) is 12.0 Å². The maximum Gasteiger partial charge on any atom is 0.0176 e. The summed E-state index contributed by atoms with van der Waals surface area (Å²) >= 11 is 0. The van der Waals surface area contributed by atoms with E-state index in [0.29, 0.717) is 0 Å². The lowest BCUT2D eigenvalue weighted by molar-refractivity contribution is 0.483. The van der Waals surface area contributed by atoms with Gasteiger partial charge in [-0.2, -0.15) is 0 Å². The van der Waals surface area contributed by atoms with Gasteiger partial charge in [0.1, 0.15) is 0 Å². The fourth-order valence-corrected chi connectivity index (χ4v) is 1.80. The van der Waals surface area contributed by atoms with Gasteiger partial charge < -0.3 is 5.32 Å². The molecule has 1 saturated heterocycles. The van der Waals surface area contributed by atoms with Gasteiger partial charge in [-0.15, -0.1) is 0 Å². The quantitative estimate of drug-likeness (QED) is 0.533. The summed E-state index contributed by atoms with van der Waals surface area (Å²) in [4.78, 5) is 0. The molecule has 0 amide bonds. The highest BCUT2D eigenvalue weighted by molar-refractivity contribution is 5.23. The molecule has 1 N–H and O–H groups in total. The Hall–Kier alpha value is -0.720. The number of hydrogen-bond donors (Lipinski definition) is 1. The average molecular weight is 135 g/mol. The number of allylic oxidation sites excluding steroid dienone is 4. The Morgan fingerprint density at radius 1 is 1.60 bits per heavy atom. The molecule has 2 rings (SSSR count). The maximum absolute atomic E-state index is 3.42. The van der Waals surface area contributed by atoms with Gasteiger partial charge in [0.25, 0.3) is 0 Å². The van der Waals surface area contributed by atoms with E-state index in [1.807, 2.05) is 0 Å². The molecule has 2 atom stereocenters. The van der Waals surface area contributed by atoms with E-state index in [9.17, 15) is 0 Å². The van der Waals surface area contributed by atoms with E-state index >= 15 is 0 Å². The third kappa shape index (κ3) is 0.772. The van der Waals surface area contributed by atoms with E-state index in [1.165, 1.54) is 12.1 Å². The van der Waals surface area contributed by atoms with Crippen LogP contribution in [0.3, 0.4) is 0 Å². The molecule has 54 valence electrons. The first-order chi connectivity index (χ1) is 4.88. The summed E-state index contributed by atoms with van der Waals surface area (Å²) in [6, 6.07) is 0. The Balaban J connectivity index is 2.23. The molecule has 0 saturated carbocycles. The second-order valence-electron chi connectivity index (χ2n) is 3.25. The van der Waals surface area contributed by atoms with E-state index in [4.69, 9.17) is 0 Å². The highest BCUT2D eigenvalue weighted by Crippen LogP contribution is 2.30. The summed E-state index contributed by atoms with van der Waals surface area (Å²) in [5.74, 6) is 1.63. The van der Waals surface area contributed by atoms with Crippen molar-refractivity contribution in [2.45, 2.75) is 13.3 Å². The fraction of sp³-hybridized carbons (Fsp3) is 0.556. The Morgan fingerprint density at radius 2 is 2.50 bits per heavy atom. The zero-order valence-electron chi connectivity index (χ0n) is 6.30. The van der Waals surface area contributed by atoms with Crippen LogP contribution in [0, 0.1) is 11.8 Å². The summed E-state index contributed by atoms with van der Waals surface area (Å²) in [7, 11) is 0. The first-order valence-corrected chi connectivity index (χ1v) is 3.98. The molecule has 10 heavy (non-hydrogen) atoms. The SMILES string of the molecule is CC1CNC2=CC=CCC21. The zero-order valence-corrected chi connectivity index (χ0v) is 6.30. The number of hydrogen-bond acceptors (Lipinski definition) is 1. The number of fused-ring (bicyclic) bond motifs is 1. The van der Waals surface area contributed by atoms with Crippen molar-refractivity contribution in [1.29, 1.82) is 0 Å². The highest BCUT2D eigenvalue weighted by Gasteiger charge is 2.27. The van der Waals surface area contributed by atoms with Crippen molar-refractivity contribution >= 4 is 0 Å². The van der Waals surface area contributed by atoms with E-state index in [-0.39, 0.29) is 0 Å². The van der Waals surface area contributed by atoms with Gasteiger partial charge in [0.2, 0.25) is 0 Å². The summed E-state index contributed by atoms with van der Waals surface area (Å²) in [5, 5.41) is 3.42. The van der Waals surface area contributed by atoms with Crippen molar-refractivity contribution in [2.75, 3.05) is 6.54 Å². The second kappa shape index (κ2) is 2.15. The van der Waals surface area contributed by atoms with Crippen LogP contribution in [0.1, 0.15) is 13.3 Å². The predicted molar refractivity (Wildman–Crippen MR) is 42.5 cm³/mol. The normalized spacial score (nSPS) is 36.7. The van der Waals surface area contributed by atoms with Crippen LogP contribution in [0.15, 0.2) is 23.9 Å². The zero-order chi connectivity index (χ0) is 6.97.